The molecule has 0 atom stereocenters. The Labute approximate surface area is 910 Å². The third-order valence-corrected chi connectivity index (χ3v) is 25.5. The van der Waals surface area contributed by atoms with Gasteiger partial charge in [-0.25, -0.2) is 15.0 Å². The number of para-hydroxylation sites is 4. The zero-order chi connectivity index (χ0) is 98.9. The van der Waals surface area contributed by atoms with Gasteiger partial charge < -0.3 is 62.8 Å². The Morgan fingerprint density at radius 2 is 0.818 bits per heavy atom. The maximum Gasteiger partial charge on any atom is 0.216 e. The number of pyridine rings is 2. The number of hydrogen-bond donors (Lipinski definition) is 1. The Balaban J connectivity index is 0.000000144. The quantitative estimate of drug-likeness (QED) is 0.0547. The van der Waals surface area contributed by atoms with Crippen LogP contribution in [-0.2, 0) is 68.6 Å². The maximum absolute atomic E-state index is 6.43. The van der Waals surface area contributed by atoms with Crippen LogP contribution in [0.3, 0.4) is 0 Å². The molecule has 4 aromatic heterocycles. The molecule has 0 saturated carbocycles. The largest absolute Gasteiger partial charge is 0.509 e. The summed E-state index contributed by atoms with van der Waals surface area (Å²) < 4.78 is 26.8. The molecule has 0 spiro atoms. The van der Waals surface area contributed by atoms with Crippen molar-refractivity contribution < 1.29 is 82.1 Å². The van der Waals surface area contributed by atoms with Crippen molar-refractivity contribution in [1.29, 1.82) is 0 Å². The summed E-state index contributed by atoms with van der Waals surface area (Å²) in [6.07, 6.45) is 15.8. The van der Waals surface area contributed by atoms with Gasteiger partial charge in [0.2, 0.25) is 11.8 Å². The first-order chi connectivity index (χ1) is 70.9. The summed E-state index contributed by atoms with van der Waals surface area (Å²) in [4.78, 5) is 31.9. The number of nitrogens with one attached hydrogen (secondary N) is 1. The maximum atomic E-state index is 6.43. The predicted octanol–water partition coefficient (Wildman–Crippen LogP) is 33.3. The molecule has 1 N–H and O–H groups in total. The first kappa shape index (κ1) is 102. The van der Waals surface area contributed by atoms with Crippen LogP contribution in [0.1, 0.15) is 102 Å². The molecule has 20 aromatic rings. The first-order valence-electron chi connectivity index (χ1n) is 48.9. The van der Waals surface area contributed by atoms with Gasteiger partial charge in [-0.3, -0.25) is 0 Å². The fourth-order valence-corrected chi connectivity index (χ4v) is 18.1. The van der Waals surface area contributed by atoms with Crippen LogP contribution >= 0.6 is 0 Å². The molecule has 3 aliphatic rings. The van der Waals surface area contributed by atoms with E-state index in [2.05, 4.69) is 368 Å². The van der Waals surface area contributed by atoms with Crippen LogP contribution in [0.15, 0.2) is 432 Å². The summed E-state index contributed by atoms with van der Waals surface area (Å²) in [7, 11) is 0. The summed E-state index contributed by atoms with van der Waals surface area (Å²) >= 11 is 0. The summed E-state index contributed by atoms with van der Waals surface area (Å²) in [6, 6.07) is 150. The molecule has 3 aliphatic heterocycles. The summed E-state index contributed by atoms with van der Waals surface area (Å²) in [5.41, 5.74) is 26.7. The molecule has 19 heteroatoms. The van der Waals surface area contributed by atoms with Crippen LogP contribution in [-0.4, -0.2) is 24.5 Å². The molecule has 744 valence electrons. The Hall–Kier alpha value is -15.8. The van der Waals surface area contributed by atoms with Crippen molar-refractivity contribution in [3.63, 3.8) is 0 Å². The Bertz CT molecular complexity index is 7920. The van der Waals surface area contributed by atoms with Crippen LogP contribution < -0.4 is 53.2 Å². The van der Waals surface area contributed by atoms with Gasteiger partial charge in [-0.05, 0) is 218 Å². The van der Waals surface area contributed by atoms with E-state index in [0.29, 0.717) is 63.9 Å². The number of aromatic nitrogens is 5. The van der Waals surface area contributed by atoms with E-state index in [4.69, 9.17) is 23.9 Å². The van der Waals surface area contributed by atoms with Crippen LogP contribution in [0.5, 0.6) is 46.1 Å². The van der Waals surface area contributed by atoms with E-state index >= 15 is 0 Å². The smallest absolute Gasteiger partial charge is 0.216 e. The minimum Gasteiger partial charge on any atom is -0.509 e. The average molecular weight is 2470 g/mol. The van der Waals surface area contributed by atoms with Gasteiger partial charge >= 0.3 is 0 Å². The van der Waals surface area contributed by atoms with Crippen molar-refractivity contribution in [2.45, 2.75) is 85.5 Å². The molecule has 0 bridgehead atoms. The van der Waals surface area contributed by atoms with E-state index in [9.17, 15) is 0 Å². The third-order valence-electron chi connectivity index (χ3n) is 25.5. The number of fused-ring (bicyclic) bond motifs is 4. The standard InChI is InChI=1S/C47H45N4O.C44H34N5O.C38H26N3O2.3Pt/c1-33(2)37-28-44(34(3)4)47(45(29-37)35(5)6)36-15-12-18-39(27-36)49-25-26-50(32-49)40-19-13-21-42(30-40)52-43-22-14-20-41(31-43)51(38-16-8-7-9-17-38)46-23-10-11-24-48-46;1-44(2,3)31-20-23-40(37(26-31)30-12-5-4-6-13-30)48-25-24-47(29-48)32-14-11-15-33(27-32)50-34-21-22-36-35-16-7-10-19-41(35)49(42(36)28-34)43-45-38-17-8-9-18-39(38)46-43;1-3-11-29(12-4-1)31-23-32(30-13-5-2-6-14-30)25-34(24-31)41-22-21-40(28-41)33-15-9-16-35(26-33)42-36-17-10-18-37(27-36)43-38-19-7-8-20-39-38;;;/h7-29,32-35H,1-6H3;4-26,29H,1-3H3,(H,45,46);1-25,28H;;;/q3*-3;;;. The average Bonchev–Trinajstić information content (AvgIpc) is 1.58. The molecule has 16 nitrogen and oxygen atoms in total. The fourth-order valence-electron chi connectivity index (χ4n) is 18.1. The van der Waals surface area contributed by atoms with E-state index < -0.39 is 0 Å². The molecular weight excluding hydrogens is 2370 g/mol. The Kier molecular flexibility index (Phi) is 32.0. The molecular formula is C129H105N12O4Pt3-9. The minimum absolute atomic E-state index is 0. The predicted molar refractivity (Wildman–Crippen MR) is 590 cm³/mol. The number of benzene rings is 16. The molecule has 0 saturated heterocycles. The second-order valence-corrected chi connectivity index (χ2v) is 37.6. The number of nitrogens with zero attached hydrogens (tertiary/aromatic N) is 11. The van der Waals surface area contributed by atoms with Crippen molar-refractivity contribution in [1.82, 2.24) is 24.5 Å². The molecule has 148 heavy (non-hydrogen) atoms. The topological polar surface area (TPSA) is 119 Å². The van der Waals surface area contributed by atoms with E-state index in [0.717, 1.165) is 101 Å². The minimum atomic E-state index is 0. The van der Waals surface area contributed by atoms with Gasteiger partial charge in [-0.2, -0.15) is 36.4 Å². The monoisotopic (exact) mass is 2470 g/mol. The van der Waals surface area contributed by atoms with Crippen molar-refractivity contribution in [2.75, 3.05) is 34.3 Å². The van der Waals surface area contributed by atoms with Crippen molar-refractivity contribution in [2.24, 2.45) is 0 Å². The van der Waals surface area contributed by atoms with Gasteiger partial charge in [-0.15, -0.1) is 140 Å². The van der Waals surface area contributed by atoms with Crippen LogP contribution in [0.25, 0.3) is 83.3 Å². The molecule has 0 aliphatic carbocycles. The van der Waals surface area contributed by atoms with E-state index in [1.54, 1.807) is 18.5 Å². The van der Waals surface area contributed by atoms with Gasteiger partial charge in [0.25, 0.3) is 0 Å². The zero-order valence-electron chi connectivity index (χ0n) is 83.0. The second-order valence-electron chi connectivity index (χ2n) is 37.6. The number of ether oxygens (including phenoxy) is 4. The molecule has 0 unspecified atom stereocenters. The van der Waals surface area contributed by atoms with Crippen molar-refractivity contribution >= 4 is 84.2 Å². The number of imidazole rings is 1. The van der Waals surface area contributed by atoms with E-state index in [-0.39, 0.29) is 68.6 Å². The van der Waals surface area contributed by atoms with Gasteiger partial charge in [-0.1, -0.05) is 262 Å². The van der Waals surface area contributed by atoms with Gasteiger partial charge in [0.1, 0.15) is 5.82 Å². The van der Waals surface area contributed by atoms with Crippen LogP contribution in [0.4, 0.5) is 51.3 Å². The van der Waals surface area contributed by atoms with Crippen LogP contribution in [0.2, 0.25) is 0 Å². The summed E-state index contributed by atoms with van der Waals surface area (Å²) in [5, 5.41) is 2.21. The zero-order valence-corrected chi connectivity index (χ0v) is 89.8. The first-order valence-corrected chi connectivity index (χ1v) is 48.9. The number of rotatable bonds is 25. The molecule has 0 fully saturated rings. The van der Waals surface area contributed by atoms with E-state index in [1.807, 2.05) is 218 Å². The van der Waals surface area contributed by atoms with Gasteiger partial charge in [0, 0.05) is 156 Å². The molecule has 16 aromatic carbocycles. The van der Waals surface area contributed by atoms with Gasteiger partial charge in [0.05, 0.1) is 11.0 Å². The Morgan fingerprint density at radius 1 is 0.345 bits per heavy atom. The second kappa shape index (κ2) is 46.3. The number of hydrogen-bond acceptors (Lipinski definition) is 14. The molecule has 0 radical (unpaired) electrons. The molecule has 7 heterocycles. The Morgan fingerprint density at radius 3 is 1.39 bits per heavy atom. The number of H-pyrrole nitrogens is 1. The fraction of sp³-hybridized carbons (Fsp3) is 0.101. The van der Waals surface area contributed by atoms with E-state index in [1.165, 1.54) is 55.6 Å². The number of aromatic amines is 1. The van der Waals surface area contributed by atoms with Crippen molar-refractivity contribution in [3.05, 3.63) is 510 Å². The number of anilines is 9. The summed E-state index contributed by atoms with van der Waals surface area (Å²) in [6.45, 7) is 26.7. The third kappa shape index (κ3) is 23.3. The van der Waals surface area contributed by atoms with Gasteiger partial charge in [0.15, 0.2) is 0 Å². The van der Waals surface area contributed by atoms with Crippen molar-refractivity contribution in [3.8, 4) is 96.6 Å². The SMILES string of the molecule is CC(C)(C)c1ccc(N2C=CN(c3[c-]c(Oc4[c-]c5c(cc4)c4ccccc4n5-c4nc5ccccc5[nH]4)ccc3)[CH-]2)c(-c2ccccc2)c1.CC(C)c1cc(C(C)C)c(-c2cccc(N3C=CN(c4[c-]c(Oc5[c-]c(N(c6ccccc6)c6ccccn6)ccc5)ccc4)[CH-]3)c2)c(C(C)C)c1.[Pt].[Pt].[Pt].[c-]1c(Oc2[c-]c(N3C=CN(c4cc(-c5ccccc5)cc(-c5ccccc5)c4)[CH-]3)ccc2)cccc1Oc1ccccn1. The molecule has 23 rings (SSSR count). The van der Waals surface area contributed by atoms with Crippen LogP contribution in [0, 0.1) is 56.4 Å². The molecule has 0 amide bonds. The summed E-state index contributed by atoms with van der Waals surface area (Å²) in [5.74, 6) is 7.35. The normalized spacial score (nSPS) is 12.5.